The second-order valence-electron chi connectivity index (χ2n) is 5.67. The first kappa shape index (κ1) is 9.46. The molecule has 4 heteroatoms. The van der Waals surface area contributed by atoms with Crippen molar-refractivity contribution in [3.63, 3.8) is 0 Å². The van der Waals surface area contributed by atoms with Crippen molar-refractivity contribution in [3.8, 4) is 0 Å². The fourth-order valence-corrected chi connectivity index (χ4v) is 4.36. The molecule has 4 fully saturated rings. The van der Waals surface area contributed by atoms with Gasteiger partial charge in [0, 0.05) is 6.04 Å². The Balaban J connectivity index is 1.82. The minimum absolute atomic E-state index is 0.0966. The van der Waals surface area contributed by atoms with Crippen molar-refractivity contribution in [3.05, 3.63) is 0 Å². The summed E-state index contributed by atoms with van der Waals surface area (Å²) in [6, 6.07) is 0.0966. The molecule has 0 unspecified atom stereocenters. The molecule has 0 heterocycles. The summed E-state index contributed by atoms with van der Waals surface area (Å²) >= 11 is 0. The Morgan fingerprint density at radius 2 is 1.80 bits per heavy atom. The summed E-state index contributed by atoms with van der Waals surface area (Å²) in [5, 5.41) is 21.7. The van der Waals surface area contributed by atoms with Gasteiger partial charge in [0.25, 0.3) is 0 Å². The lowest BCUT2D eigenvalue weighted by atomic mass is 9.52. The predicted molar refractivity (Wildman–Crippen MR) is 53.5 cm³/mol. The quantitative estimate of drug-likeness (QED) is 0.610. The van der Waals surface area contributed by atoms with Gasteiger partial charge in [0.15, 0.2) is 0 Å². The van der Waals surface area contributed by atoms with Crippen LogP contribution >= 0.6 is 0 Å². The van der Waals surface area contributed by atoms with Crippen LogP contribution in [0.25, 0.3) is 0 Å². The lowest BCUT2D eigenvalue weighted by Crippen LogP contribution is -2.61. The lowest BCUT2D eigenvalue weighted by Gasteiger charge is -2.57. The SMILES string of the molecule is O=C(O)N[C@H]1[C@@H]2C[C@H]3C[C@H]1C[C@@](O)(C3)C2. The van der Waals surface area contributed by atoms with Gasteiger partial charge < -0.3 is 15.5 Å². The molecule has 0 radical (unpaired) electrons. The van der Waals surface area contributed by atoms with Crippen LogP contribution in [0.5, 0.6) is 0 Å². The van der Waals surface area contributed by atoms with E-state index in [1.807, 2.05) is 0 Å². The van der Waals surface area contributed by atoms with E-state index in [0.29, 0.717) is 17.8 Å². The molecule has 15 heavy (non-hydrogen) atoms. The van der Waals surface area contributed by atoms with Gasteiger partial charge in [-0.1, -0.05) is 0 Å². The van der Waals surface area contributed by atoms with E-state index in [1.54, 1.807) is 0 Å². The molecule has 4 aliphatic carbocycles. The monoisotopic (exact) mass is 211 g/mol. The summed E-state index contributed by atoms with van der Waals surface area (Å²) < 4.78 is 0. The Morgan fingerprint density at radius 1 is 1.20 bits per heavy atom. The maximum Gasteiger partial charge on any atom is 0.404 e. The van der Waals surface area contributed by atoms with Gasteiger partial charge in [0.05, 0.1) is 5.60 Å². The molecule has 84 valence electrons. The Hall–Kier alpha value is -0.770. The summed E-state index contributed by atoms with van der Waals surface area (Å²) in [4.78, 5) is 10.7. The summed E-state index contributed by atoms with van der Waals surface area (Å²) in [5.41, 5.74) is -0.465. The van der Waals surface area contributed by atoms with Crippen molar-refractivity contribution in [2.24, 2.45) is 17.8 Å². The summed E-state index contributed by atoms with van der Waals surface area (Å²) in [6.07, 6.45) is 3.82. The third kappa shape index (κ3) is 1.42. The highest BCUT2D eigenvalue weighted by molar-refractivity contribution is 5.65. The van der Waals surface area contributed by atoms with E-state index in [4.69, 9.17) is 5.11 Å². The van der Waals surface area contributed by atoms with Crippen molar-refractivity contribution in [1.82, 2.24) is 5.32 Å². The summed E-state index contributed by atoms with van der Waals surface area (Å²) in [6.45, 7) is 0. The second-order valence-corrected chi connectivity index (χ2v) is 5.67. The molecule has 0 saturated heterocycles. The Labute approximate surface area is 88.7 Å². The van der Waals surface area contributed by atoms with Crippen molar-refractivity contribution < 1.29 is 15.0 Å². The fourth-order valence-electron chi connectivity index (χ4n) is 4.36. The molecule has 1 amide bonds. The average molecular weight is 211 g/mol. The molecular weight excluding hydrogens is 194 g/mol. The number of hydrogen-bond acceptors (Lipinski definition) is 2. The number of rotatable bonds is 1. The summed E-state index contributed by atoms with van der Waals surface area (Å²) in [5.74, 6) is 1.38. The van der Waals surface area contributed by atoms with Gasteiger partial charge in [-0.05, 0) is 49.9 Å². The van der Waals surface area contributed by atoms with Crippen molar-refractivity contribution in [1.29, 1.82) is 0 Å². The molecule has 3 N–H and O–H groups in total. The van der Waals surface area contributed by atoms with Gasteiger partial charge in [-0.3, -0.25) is 0 Å². The molecule has 0 aromatic carbocycles. The van der Waals surface area contributed by atoms with Crippen molar-refractivity contribution in [2.45, 2.75) is 43.7 Å². The predicted octanol–water partition coefficient (Wildman–Crippen LogP) is 1.19. The number of aliphatic hydroxyl groups is 1. The topological polar surface area (TPSA) is 69.6 Å². The largest absolute Gasteiger partial charge is 0.465 e. The van der Waals surface area contributed by atoms with Crippen LogP contribution in [0, 0.1) is 17.8 Å². The van der Waals surface area contributed by atoms with Gasteiger partial charge in [-0.15, -0.1) is 0 Å². The van der Waals surface area contributed by atoms with Crippen LogP contribution in [-0.4, -0.2) is 27.9 Å². The van der Waals surface area contributed by atoms with E-state index in [-0.39, 0.29) is 6.04 Å². The molecule has 0 spiro atoms. The smallest absolute Gasteiger partial charge is 0.404 e. The number of nitrogens with one attached hydrogen (secondary N) is 1. The minimum Gasteiger partial charge on any atom is -0.465 e. The zero-order chi connectivity index (χ0) is 10.6. The number of amides is 1. The standard InChI is InChI=1S/C11H17NO3/c13-10(14)12-9-7-1-6-2-8(9)5-11(15,3-6)4-7/h6-9,12,15H,1-5H2,(H,13,14)/t6-,7+,8-,9-,11+. The van der Waals surface area contributed by atoms with Crippen LogP contribution in [-0.2, 0) is 0 Å². The molecule has 4 saturated carbocycles. The molecule has 0 aliphatic heterocycles. The van der Waals surface area contributed by atoms with Crippen LogP contribution in [0.1, 0.15) is 32.1 Å². The van der Waals surface area contributed by atoms with E-state index in [1.165, 1.54) is 0 Å². The van der Waals surface area contributed by atoms with Gasteiger partial charge >= 0.3 is 6.09 Å². The number of carboxylic acid groups (broad SMARTS) is 1. The third-order valence-corrected chi connectivity index (χ3v) is 4.53. The van der Waals surface area contributed by atoms with Crippen LogP contribution < -0.4 is 5.32 Å². The number of hydrogen-bond donors (Lipinski definition) is 3. The average Bonchev–Trinajstić information content (AvgIpc) is 2.08. The maximum atomic E-state index is 10.7. The Morgan fingerprint density at radius 3 is 2.27 bits per heavy atom. The lowest BCUT2D eigenvalue weighted by molar-refractivity contribution is -0.137. The Kier molecular flexibility index (Phi) is 1.81. The van der Waals surface area contributed by atoms with E-state index >= 15 is 0 Å². The molecule has 5 atom stereocenters. The molecule has 4 aliphatic rings. The van der Waals surface area contributed by atoms with E-state index < -0.39 is 11.7 Å². The third-order valence-electron chi connectivity index (χ3n) is 4.53. The number of carbonyl (C=O) groups is 1. The van der Waals surface area contributed by atoms with Crippen LogP contribution in [0.3, 0.4) is 0 Å². The van der Waals surface area contributed by atoms with Crippen molar-refractivity contribution >= 4 is 6.09 Å². The van der Waals surface area contributed by atoms with E-state index in [9.17, 15) is 9.90 Å². The van der Waals surface area contributed by atoms with Gasteiger partial charge in [-0.25, -0.2) is 4.79 Å². The molecule has 4 bridgehead atoms. The van der Waals surface area contributed by atoms with Crippen LogP contribution in [0.4, 0.5) is 4.79 Å². The first-order valence-electron chi connectivity index (χ1n) is 5.78. The zero-order valence-corrected chi connectivity index (χ0v) is 8.65. The fraction of sp³-hybridized carbons (Fsp3) is 0.909. The highest BCUT2D eigenvalue weighted by atomic mass is 16.4. The Bertz CT molecular complexity index is 288. The molecular formula is C11H17NO3. The molecule has 4 nitrogen and oxygen atoms in total. The highest BCUT2D eigenvalue weighted by Gasteiger charge is 2.54. The first-order chi connectivity index (χ1) is 7.06. The zero-order valence-electron chi connectivity index (χ0n) is 8.65. The molecule has 4 rings (SSSR count). The van der Waals surface area contributed by atoms with Gasteiger partial charge in [-0.2, -0.15) is 0 Å². The summed E-state index contributed by atoms with van der Waals surface area (Å²) in [7, 11) is 0. The first-order valence-corrected chi connectivity index (χ1v) is 5.78. The van der Waals surface area contributed by atoms with Crippen LogP contribution in [0.15, 0.2) is 0 Å². The van der Waals surface area contributed by atoms with Gasteiger partial charge in [0.2, 0.25) is 0 Å². The second kappa shape index (κ2) is 2.88. The molecule has 0 aromatic heterocycles. The van der Waals surface area contributed by atoms with E-state index in [0.717, 1.165) is 32.1 Å². The molecule has 0 aromatic rings. The van der Waals surface area contributed by atoms with Crippen molar-refractivity contribution in [2.75, 3.05) is 0 Å². The van der Waals surface area contributed by atoms with Crippen LogP contribution in [0.2, 0.25) is 0 Å². The van der Waals surface area contributed by atoms with Gasteiger partial charge in [0.1, 0.15) is 0 Å². The highest BCUT2D eigenvalue weighted by Crippen LogP contribution is 2.55. The van der Waals surface area contributed by atoms with E-state index in [2.05, 4.69) is 5.32 Å². The normalized spacial score (nSPS) is 51.8. The maximum absolute atomic E-state index is 10.7. The minimum atomic E-state index is -0.917.